The van der Waals surface area contributed by atoms with Crippen molar-refractivity contribution >= 4 is 0 Å². The lowest BCUT2D eigenvalue weighted by atomic mass is 10.0. The molecule has 2 nitrogen and oxygen atoms in total. The van der Waals surface area contributed by atoms with Gasteiger partial charge in [-0.25, -0.2) is 0 Å². The molecular weight excluding hydrogens is 186 g/mol. The van der Waals surface area contributed by atoms with E-state index in [1.54, 1.807) is 0 Å². The number of aryl methyl sites for hydroxylation is 2. The average molecular weight is 205 g/mol. The molecule has 0 aliphatic carbocycles. The van der Waals surface area contributed by atoms with Gasteiger partial charge in [0.25, 0.3) is 0 Å². The number of ether oxygens (including phenoxy) is 1. The summed E-state index contributed by atoms with van der Waals surface area (Å²) in [5, 5.41) is 3.34. The molecule has 0 spiro atoms. The van der Waals surface area contributed by atoms with Crippen molar-refractivity contribution < 1.29 is 4.74 Å². The Hall–Kier alpha value is -1.02. The Morgan fingerprint density at radius 2 is 2.33 bits per heavy atom. The van der Waals surface area contributed by atoms with Crippen LogP contribution in [0.15, 0.2) is 18.2 Å². The number of hydrogen-bond acceptors (Lipinski definition) is 2. The smallest absolute Gasteiger partial charge is 0.123 e. The Labute approximate surface area is 91.6 Å². The first-order valence-electron chi connectivity index (χ1n) is 5.76. The van der Waals surface area contributed by atoms with Crippen molar-refractivity contribution in [2.75, 3.05) is 13.1 Å². The Morgan fingerprint density at radius 3 is 3.13 bits per heavy atom. The van der Waals surface area contributed by atoms with Gasteiger partial charge in [-0.15, -0.1) is 0 Å². The van der Waals surface area contributed by atoms with E-state index in [1.165, 1.54) is 11.1 Å². The Bertz CT molecular complexity index is 335. The number of fused-ring (bicyclic) bond motifs is 1. The second-order valence-electron chi connectivity index (χ2n) is 4.20. The molecule has 1 aromatic rings. The minimum atomic E-state index is 0.347. The van der Waals surface area contributed by atoms with E-state index < -0.39 is 0 Å². The van der Waals surface area contributed by atoms with Crippen LogP contribution in [0.3, 0.4) is 0 Å². The van der Waals surface area contributed by atoms with Crippen molar-refractivity contribution in [1.82, 2.24) is 5.32 Å². The van der Waals surface area contributed by atoms with Crippen LogP contribution in [0.1, 0.15) is 24.5 Å². The molecule has 1 aliphatic rings. The molecule has 82 valence electrons. The quantitative estimate of drug-likeness (QED) is 0.817. The van der Waals surface area contributed by atoms with Crippen molar-refractivity contribution in [3.63, 3.8) is 0 Å². The van der Waals surface area contributed by atoms with E-state index in [9.17, 15) is 0 Å². The summed E-state index contributed by atoms with van der Waals surface area (Å²) >= 11 is 0. The Balaban J connectivity index is 2.05. The summed E-state index contributed by atoms with van der Waals surface area (Å²) in [5.74, 6) is 1.09. The van der Waals surface area contributed by atoms with Crippen LogP contribution in [0.4, 0.5) is 0 Å². The molecule has 2 heteroatoms. The number of rotatable bonds is 3. The summed E-state index contributed by atoms with van der Waals surface area (Å²) in [5.41, 5.74) is 2.63. The first kappa shape index (κ1) is 10.5. The van der Waals surface area contributed by atoms with Gasteiger partial charge in [0.15, 0.2) is 0 Å². The molecule has 2 rings (SSSR count). The zero-order chi connectivity index (χ0) is 10.7. The minimum Gasteiger partial charge on any atom is -0.489 e. The van der Waals surface area contributed by atoms with E-state index in [0.29, 0.717) is 6.10 Å². The maximum Gasteiger partial charge on any atom is 0.123 e. The summed E-state index contributed by atoms with van der Waals surface area (Å²) in [4.78, 5) is 0. The molecule has 0 radical (unpaired) electrons. The lowest BCUT2D eigenvalue weighted by molar-refractivity contribution is 0.171. The monoisotopic (exact) mass is 205 g/mol. The number of benzene rings is 1. The fourth-order valence-electron chi connectivity index (χ4n) is 1.98. The third kappa shape index (κ3) is 2.51. The molecule has 0 amide bonds. The van der Waals surface area contributed by atoms with Crippen LogP contribution < -0.4 is 10.1 Å². The highest BCUT2D eigenvalue weighted by Gasteiger charge is 2.18. The molecule has 1 unspecified atom stereocenters. The van der Waals surface area contributed by atoms with Crippen LogP contribution in [-0.2, 0) is 6.42 Å². The van der Waals surface area contributed by atoms with Crippen molar-refractivity contribution in [2.24, 2.45) is 0 Å². The topological polar surface area (TPSA) is 21.3 Å². The molecule has 1 heterocycles. The van der Waals surface area contributed by atoms with Gasteiger partial charge < -0.3 is 10.1 Å². The van der Waals surface area contributed by atoms with Crippen molar-refractivity contribution in [3.8, 4) is 5.75 Å². The van der Waals surface area contributed by atoms with Crippen LogP contribution in [0.25, 0.3) is 0 Å². The molecule has 1 N–H and O–H groups in total. The van der Waals surface area contributed by atoms with Crippen molar-refractivity contribution in [3.05, 3.63) is 29.3 Å². The molecule has 1 aliphatic heterocycles. The van der Waals surface area contributed by atoms with Crippen LogP contribution in [0, 0.1) is 6.92 Å². The van der Waals surface area contributed by atoms with Gasteiger partial charge in [0, 0.05) is 6.54 Å². The second-order valence-corrected chi connectivity index (χ2v) is 4.20. The van der Waals surface area contributed by atoms with Crippen LogP contribution >= 0.6 is 0 Å². The van der Waals surface area contributed by atoms with Crippen LogP contribution in [0.2, 0.25) is 0 Å². The summed E-state index contributed by atoms with van der Waals surface area (Å²) in [6.45, 7) is 6.21. The average Bonchev–Trinajstić information content (AvgIpc) is 2.25. The maximum atomic E-state index is 5.95. The standard InChI is InChI=1S/C13H19NO/c1-3-14-9-12-7-6-11-5-4-10(2)8-13(11)15-12/h4-5,8,12,14H,3,6-7,9H2,1-2H3. The van der Waals surface area contributed by atoms with Crippen LogP contribution in [-0.4, -0.2) is 19.2 Å². The molecule has 0 saturated carbocycles. The van der Waals surface area contributed by atoms with Gasteiger partial charge in [0.1, 0.15) is 11.9 Å². The van der Waals surface area contributed by atoms with Crippen LogP contribution in [0.5, 0.6) is 5.75 Å². The van der Waals surface area contributed by atoms with Gasteiger partial charge in [-0.1, -0.05) is 19.1 Å². The van der Waals surface area contributed by atoms with Crippen molar-refractivity contribution in [2.45, 2.75) is 32.8 Å². The lowest BCUT2D eigenvalue weighted by Gasteiger charge is -2.26. The number of likely N-dealkylation sites (N-methyl/N-ethyl adjacent to an activating group) is 1. The van der Waals surface area contributed by atoms with E-state index in [4.69, 9.17) is 4.74 Å². The van der Waals surface area contributed by atoms with Crippen molar-refractivity contribution in [1.29, 1.82) is 0 Å². The third-order valence-electron chi connectivity index (χ3n) is 2.87. The Kier molecular flexibility index (Phi) is 3.27. The predicted octanol–water partition coefficient (Wildman–Crippen LogP) is 2.30. The highest BCUT2D eigenvalue weighted by atomic mass is 16.5. The lowest BCUT2D eigenvalue weighted by Crippen LogP contribution is -2.34. The van der Waals surface area contributed by atoms with E-state index >= 15 is 0 Å². The minimum absolute atomic E-state index is 0.347. The first-order valence-corrected chi connectivity index (χ1v) is 5.76. The summed E-state index contributed by atoms with van der Waals surface area (Å²) in [7, 11) is 0. The summed E-state index contributed by atoms with van der Waals surface area (Å²) in [6.07, 6.45) is 2.62. The maximum absolute atomic E-state index is 5.95. The van der Waals surface area contributed by atoms with E-state index in [0.717, 1.165) is 31.7 Å². The normalized spacial score (nSPS) is 19.5. The van der Waals surface area contributed by atoms with Gasteiger partial charge in [-0.3, -0.25) is 0 Å². The highest BCUT2D eigenvalue weighted by molar-refractivity contribution is 5.38. The molecular formula is C13H19NO. The van der Waals surface area contributed by atoms with Gasteiger partial charge in [-0.05, 0) is 43.5 Å². The zero-order valence-corrected chi connectivity index (χ0v) is 9.55. The van der Waals surface area contributed by atoms with Gasteiger partial charge in [-0.2, -0.15) is 0 Å². The number of nitrogens with one attached hydrogen (secondary N) is 1. The number of hydrogen-bond donors (Lipinski definition) is 1. The summed E-state index contributed by atoms with van der Waals surface area (Å²) < 4.78 is 5.95. The van der Waals surface area contributed by atoms with Gasteiger partial charge in [0.2, 0.25) is 0 Å². The van der Waals surface area contributed by atoms with E-state index in [-0.39, 0.29) is 0 Å². The molecule has 0 fully saturated rings. The molecule has 15 heavy (non-hydrogen) atoms. The predicted molar refractivity (Wildman–Crippen MR) is 62.5 cm³/mol. The molecule has 0 aromatic heterocycles. The Morgan fingerprint density at radius 1 is 1.47 bits per heavy atom. The SMILES string of the molecule is CCNCC1CCc2ccc(C)cc2O1. The van der Waals surface area contributed by atoms with E-state index in [2.05, 4.69) is 37.4 Å². The third-order valence-corrected chi connectivity index (χ3v) is 2.87. The fourth-order valence-corrected chi connectivity index (χ4v) is 1.98. The largest absolute Gasteiger partial charge is 0.489 e. The van der Waals surface area contributed by atoms with Gasteiger partial charge >= 0.3 is 0 Å². The zero-order valence-electron chi connectivity index (χ0n) is 9.55. The molecule has 1 atom stereocenters. The van der Waals surface area contributed by atoms with Gasteiger partial charge in [0.05, 0.1) is 0 Å². The first-order chi connectivity index (χ1) is 7.29. The molecule has 1 aromatic carbocycles. The summed E-state index contributed by atoms with van der Waals surface area (Å²) in [6, 6.07) is 6.49. The molecule has 0 bridgehead atoms. The van der Waals surface area contributed by atoms with E-state index in [1.807, 2.05) is 0 Å². The fraction of sp³-hybridized carbons (Fsp3) is 0.538. The molecule has 0 saturated heterocycles. The highest BCUT2D eigenvalue weighted by Crippen LogP contribution is 2.28. The second kappa shape index (κ2) is 4.67.